The lowest BCUT2D eigenvalue weighted by Gasteiger charge is -2.57. The molecule has 4 nitrogen and oxygen atoms in total. The number of nitrogens with one attached hydrogen (secondary N) is 1. The summed E-state index contributed by atoms with van der Waals surface area (Å²) in [5, 5.41) is 3.45. The standard InChI is InChI=1S/C15H29N3O.HI/c1-3-10-17-14(16)18-12-11-13(19-4-2)15(12)8-6-5-7-9-15;/h12-13H,3-11H2,1-2H3,(H3,16,17,18);1H. The topological polar surface area (TPSA) is 59.6 Å². The largest absolute Gasteiger partial charge is 0.378 e. The van der Waals surface area contributed by atoms with Crippen LogP contribution in [0.5, 0.6) is 0 Å². The van der Waals surface area contributed by atoms with Crippen molar-refractivity contribution in [2.45, 2.75) is 70.9 Å². The van der Waals surface area contributed by atoms with E-state index < -0.39 is 0 Å². The molecule has 0 aromatic heterocycles. The van der Waals surface area contributed by atoms with Crippen LogP contribution < -0.4 is 11.1 Å². The van der Waals surface area contributed by atoms with Gasteiger partial charge in [-0.3, -0.25) is 4.99 Å². The summed E-state index contributed by atoms with van der Waals surface area (Å²) >= 11 is 0. The molecule has 118 valence electrons. The maximum Gasteiger partial charge on any atom is 0.188 e. The van der Waals surface area contributed by atoms with Crippen LogP contribution in [0.2, 0.25) is 0 Å². The highest BCUT2D eigenvalue weighted by Gasteiger charge is 2.55. The Morgan fingerprint density at radius 3 is 2.60 bits per heavy atom. The Morgan fingerprint density at radius 2 is 2.00 bits per heavy atom. The average molecular weight is 395 g/mol. The quantitative estimate of drug-likeness (QED) is 0.427. The molecule has 0 radical (unpaired) electrons. The van der Waals surface area contributed by atoms with Gasteiger partial charge >= 0.3 is 0 Å². The second-order valence-electron chi connectivity index (χ2n) is 5.94. The molecule has 2 aliphatic carbocycles. The normalized spacial score (nSPS) is 28.6. The number of hydrogen-bond acceptors (Lipinski definition) is 2. The maximum atomic E-state index is 5.98. The number of guanidine groups is 1. The molecule has 2 atom stereocenters. The van der Waals surface area contributed by atoms with Crippen LogP contribution in [0.1, 0.15) is 58.8 Å². The van der Waals surface area contributed by atoms with Crippen molar-refractivity contribution in [3.05, 3.63) is 0 Å². The van der Waals surface area contributed by atoms with Crippen LogP contribution in [0.15, 0.2) is 4.99 Å². The van der Waals surface area contributed by atoms with Gasteiger partial charge in [-0.05, 0) is 32.6 Å². The van der Waals surface area contributed by atoms with Crippen LogP contribution >= 0.6 is 24.0 Å². The van der Waals surface area contributed by atoms with E-state index in [0.29, 0.717) is 23.5 Å². The van der Waals surface area contributed by atoms with Gasteiger partial charge in [-0.1, -0.05) is 26.2 Å². The molecular weight excluding hydrogens is 365 g/mol. The smallest absolute Gasteiger partial charge is 0.188 e. The van der Waals surface area contributed by atoms with Gasteiger partial charge in [0.05, 0.1) is 6.10 Å². The molecule has 0 heterocycles. The summed E-state index contributed by atoms with van der Waals surface area (Å²) in [6, 6.07) is 0.463. The van der Waals surface area contributed by atoms with Gasteiger partial charge in [0.1, 0.15) is 0 Å². The highest BCUT2D eigenvalue weighted by Crippen LogP contribution is 2.53. The van der Waals surface area contributed by atoms with Gasteiger partial charge in [-0.2, -0.15) is 0 Å². The molecule has 2 fully saturated rings. The minimum atomic E-state index is 0. The summed E-state index contributed by atoms with van der Waals surface area (Å²) in [5.74, 6) is 0.617. The van der Waals surface area contributed by atoms with Gasteiger partial charge in [0.25, 0.3) is 0 Å². The number of ether oxygens (including phenoxy) is 1. The molecular formula is C15H30IN3O. The predicted octanol–water partition coefficient (Wildman–Crippen LogP) is 3.05. The van der Waals surface area contributed by atoms with Crippen LogP contribution in [0.4, 0.5) is 0 Å². The SMILES string of the molecule is CCCN=C(N)NC1CC(OCC)C12CCCCC2.I. The van der Waals surface area contributed by atoms with Crippen LogP contribution in [0, 0.1) is 5.41 Å². The molecule has 2 aliphatic rings. The van der Waals surface area contributed by atoms with Crippen molar-refractivity contribution >= 4 is 29.9 Å². The van der Waals surface area contributed by atoms with E-state index in [4.69, 9.17) is 10.5 Å². The van der Waals surface area contributed by atoms with Gasteiger partial charge in [-0.25, -0.2) is 0 Å². The van der Waals surface area contributed by atoms with Crippen LogP contribution in [0.25, 0.3) is 0 Å². The fourth-order valence-corrected chi connectivity index (χ4v) is 3.72. The van der Waals surface area contributed by atoms with Gasteiger partial charge in [0.15, 0.2) is 5.96 Å². The van der Waals surface area contributed by atoms with E-state index in [1.165, 1.54) is 32.1 Å². The Kier molecular flexibility index (Phi) is 7.58. The number of rotatable bonds is 5. The minimum absolute atomic E-state index is 0. The zero-order valence-corrected chi connectivity index (χ0v) is 15.2. The van der Waals surface area contributed by atoms with E-state index >= 15 is 0 Å². The highest BCUT2D eigenvalue weighted by atomic mass is 127. The molecule has 5 heteroatoms. The predicted molar refractivity (Wildman–Crippen MR) is 94.7 cm³/mol. The lowest BCUT2D eigenvalue weighted by molar-refractivity contribution is -0.145. The first kappa shape index (κ1) is 18.0. The molecule has 0 amide bonds. The van der Waals surface area contributed by atoms with Gasteiger partial charge < -0.3 is 15.8 Å². The van der Waals surface area contributed by atoms with Crippen LogP contribution in [-0.2, 0) is 4.74 Å². The van der Waals surface area contributed by atoms with Crippen molar-refractivity contribution in [2.75, 3.05) is 13.2 Å². The Balaban J connectivity index is 0.00000200. The molecule has 0 aliphatic heterocycles. The summed E-state index contributed by atoms with van der Waals surface area (Å²) < 4.78 is 5.94. The average Bonchev–Trinajstić information content (AvgIpc) is 2.45. The summed E-state index contributed by atoms with van der Waals surface area (Å²) in [5.41, 5.74) is 6.30. The van der Waals surface area contributed by atoms with E-state index in [9.17, 15) is 0 Å². The third kappa shape index (κ3) is 3.78. The Hall–Kier alpha value is -0.0400. The van der Waals surface area contributed by atoms with Gasteiger partial charge in [0.2, 0.25) is 0 Å². The number of hydrogen-bond donors (Lipinski definition) is 2. The van der Waals surface area contributed by atoms with E-state index in [1.807, 2.05) is 0 Å². The van der Waals surface area contributed by atoms with E-state index in [-0.39, 0.29) is 24.0 Å². The maximum absolute atomic E-state index is 5.98. The lowest BCUT2D eigenvalue weighted by Crippen LogP contribution is -2.66. The minimum Gasteiger partial charge on any atom is -0.378 e. The van der Waals surface area contributed by atoms with Crippen molar-refractivity contribution in [3.63, 3.8) is 0 Å². The fraction of sp³-hybridized carbons (Fsp3) is 0.933. The van der Waals surface area contributed by atoms with E-state index in [1.54, 1.807) is 0 Å². The summed E-state index contributed by atoms with van der Waals surface area (Å²) in [6.07, 6.45) is 9.12. The first-order chi connectivity index (χ1) is 9.23. The molecule has 0 saturated heterocycles. The van der Waals surface area contributed by atoms with Crippen molar-refractivity contribution in [2.24, 2.45) is 16.1 Å². The molecule has 1 spiro atoms. The van der Waals surface area contributed by atoms with E-state index in [2.05, 4.69) is 24.2 Å². The third-order valence-electron chi connectivity index (χ3n) is 4.77. The molecule has 2 saturated carbocycles. The summed E-state index contributed by atoms with van der Waals surface area (Å²) in [4.78, 5) is 4.36. The van der Waals surface area contributed by atoms with Crippen molar-refractivity contribution in [1.82, 2.24) is 5.32 Å². The van der Waals surface area contributed by atoms with Gasteiger partial charge in [-0.15, -0.1) is 24.0 Å². The van der Waals surface area contributed by atoms with Crippen molar-refractivity contribution in [3.8, 4) is 0 Å². The summed E-state index contributed by atoms with van der Waals surface area (Å²) in [6.45, 7) is 5.84. The molecule has 0 bridgehead atoms. The van der Waals surface area contributed by atoms with Crippen LogP contribution in [0.3, 0.4) is 0 Å². The second kappa shape index (κ2) is 8.41. The van der Waals surface area contributed by atoms with Crippen LogP contribution in [-0.4, -0.2) is 31.3 Å². The first-order valence-corrected chi connectivity index (χ1v) is 7.91. The number of aliphatic imine (C=N–C) groups is 1. The number of halogens is 1. The van der Waals surface area contributed by atoms with Gasteiger partial charge in [0, 0.05) is 24.6 Å². The Bertz CT molecular complexity index is 316. The molecule has 0 aromatic rings. The molecule has 0 aromatic carbocycles. The number of nitrogens with zero attached hydrogens (tertiary/aromatic N) is 1. The first-order valence-electron chi connectivity index (χ1n) is 7.91. The molecule has 2 rings (SSSR count). The third-order valence-corrected chi connectivity index (χ3v) is 4.77. The lowest BCUT2D eigenvalue weighted by atomic mass is 9.55. The van der Waals surface area contributed by atoms with E-state index in [0.717, 1.165) is 26.0 Å². The zero-order valence-electron chi connectivity index (χ0n) is 12.9. The van der Waals surface area contributed by atoms with Crippen molar-refractivity contribution < 1.29 is 4.74 Å². The monoisotopic (exact) mass is 395 g/mol. The zero-order chi connectivity index (χ0) is 13.7. The number of nitrogens with two attached hydrogens (primary N) is 1. The fourth-order valence-electron chi connectivity index (χ4n) is 3.72. The Labute approximate surface area is 140 Å². The second-order valence-corrected chi connectivity index (χ2v) is 5.94. The molecule has 2 unspecified atom stereocenters. The summed E-state index contributed by atoms with van der Waals surface area (Å²) in [7, 11) is 0. The highest BCUT2D eigenvalue weighted by molar-refractivity contribution is 14.0. The Morgan fingerprint density at radius 1 is 1.30 bits per heavy atom. The molecule has 20 heavy (non-hydrogen) atoms. The molecule has 3 N–H and O–H groups in total. The van der Waals surface area contributed by atoms with Crippen molar-refractivity contribution in [1.29, 1.82) is 0 Å².